The molecule has 1 aromatic carbocycles. The lowest BCUT2D eigenvalue weighted by Crippen LogP contribution is -2.12. The van der Waals surface area contributed by atoms with Gasteiger partial charge < -0.3 is 11.1 Å². The molecular weight excluding hydrogens is 168 g/mol. The monoisotopic (exact) mass is 181 g/mol. The summed E-state index contributed by atoms with van der Waals surface area (Å²) in [6, 6.07) is 9.13. The number of anilines is 1. The average molecular weight is 181 g/mol. The van der Waals surface area contributed by atoms with Crippen LogP contribution in [0.15, 0.2) is 23.1 Å². The van der Waals surface area contributed by atoms with Crippen LogP contribution in [0.4, 0.5) is 5.69 Å². The first-order chi connectivity index (χ1) is 5.86. The van der Waals surface area contributed by atoms with Crippen molar-refractivity contribution in [1.82, 2.24) is 0 Å². The Kier molecular flexibility index (Phi) is 3.97. The van der Waals surface area contributed by atoms with Crippen molar-refractivity contribution in [3.05, 3.63) is 24.3 Å². The maximum atomic E-state index is 5.37. The van der Waals surface area contributed by atoms with E-state index in [1.54, 1.807) is 11.8 Å². The predicted octanol–water partition coefficient (Wildman–Crippen LogP) is 1.58. The molecule has 1 rings (SSSR count). The van der Waals surface area contributed by atoms with Gasteiger partial charge in [-0.15, -0.1) is 11.8 Å². The van der Waals surface area contributed by atoms with E-state index < -0.39 is 0 Å². The van der Waals surface area contributed by atoms with E-state index in [1.165, 1.54) is 4.90 Å². The van der Waals surface area contributed by atoms with E-state index in [-0.39, 0.29) is 0 Å². The first-order valence-electron chi connectivity index (χ1n) is 3.86. The van der Waals surface area contributed by atoms with E-state index in [2.05, 4.69) is 23.7 Å². The second-order valence-electron chi connectivity index (χ2n) is 2.36. The first-order valence-corrected chi connectivity index (χ1v) is 5.09. The Morgan fingerprint density at radius 3 is 3.17 bits per heavy atom. The van der Waals surface area contributed by atoms with Crippen LogP contribution in [-0.2, 0) is 0 Å². The van der Waals surface area contributed by atoms with Crippen molar-refractivity contribution in [2.24, 2.45) is 5.73 Å². The highest BCUT2D eigenvalue weighted by atomic mass is 32.2. The standard InChI is InChI=1S/C9H13N2S/c1-12-9-4-2-3-8(7-9)11-6-5-10/h2,4,7,11H,5-6,10H2,1H3. The largest absolute Gasteiger partial charge is 0.383 e. The van der Waals surface area contributed by atoms with Crippen LogP contribution in [-0.4, -0.2) is 19.3 Å². The van der Waals surface area contributed by atoms with E-state index in [4.69, 9.17) is 5.73 Å². The molecule has 0 heterocycles. The lowest BCUT2D eigenvalue weighted by molar-refractivity contribution is 1.02. The summed E-state index contributed by atoms with van der Waals surface area (Å²) in [5, 5.41) is 3.18. The summed E-state index contributed by atoms with van der Waals surface area (Å²) in [5.74, 6) is 0. The molecule has 1 aromatic rings. The van der Waals surface area contributed by atoms with Crippen molar-refractivity contribution in [2.75, 3.05) is 24.7 Å². The van der Waals surface area contributed by atoms with Gasteiger partial charge in [0.25, 0.3) is 0 Å². The van der Waals surface area contributed by atoms with E-state index in [0.717, 1.165) is 12.2 Å². The third-order valence-electron chi connectivity index (χ3n) is 1.47. The second kappa shape index (κ2) is 5.06. The molecule has 0 fully saturated rings. The summed E-state index contributed by atoms with van der Waals surface area (Å²) in [4.78, 5) is 1.24. The molecule has 12 heavy (non-hydrogen) atoms. The van der Waals surface area contributed by atoms with Crippen molar-refractivity contribution >= 4 is 17.4 Å². The Hall–Kier alpha value is -0.670. The molecule has 1 radical (unpaired) electrons. The van der Waals surface area contributed by atoms with Gasteiger partial charge in [0.2, 0.25) is 0 Å². The first kappa shape index (κ1) is 9.42. The molecule has 0 unspecified atom stereocenters. The molecule has 65 valence electrons. The molecule has 0 amide bonds. The molecule has 0 aromatic heterocycles. The topological polar surface area (TPSA) is 38.0 Å². The quantitative estimate of drug-likeness (QED) is 0.693. The van der Waals surface area contributed by atoms with E-state index >= 15 is 0 Å². The fourth-order valence-corrected chi connectivity index (χ4v) is 1.32. The zero-order chi connectivity index (χ0) is 8.81. The fourth-order valence-electron chi connectivity index (χ4n) is 0.881. The summed E-state index contributed by atoms with van der Waals surface area (Å²) in [6.45, 7) is 1.45. The summed E-state index contributed by atoms with van der Waals surface area (Å²) in [5.41, 5.74) is 6.39. The molecule has 0 aliphatic heterocycles. The van der Waals surface area contributed by atoms with Gasteiger partial charge in [-0.3, -0.25) is 0 Å². The van der Waals surface area contributed by atoms with E-state index in [9.17, 15) is 0 Å². The van der Waals surface area contributed by atoms with Gasteiger partial charge in [0, 0.05) is 29.7 Å². The van der Waals surface area contributed by atoms with Crippen LogP contribution in [0.3, 0.4) is 0 Å². The highest BCUT2D eigenvalue weighted by Gasteiger charge is 1.92. The number of hydrogen-bond acceptors (Lipinski definition) is 3. The second-order valence-corrected chi connectivity index (χ2v) is 3.24. The van der Waals surface area contributed by atoms with Crippen LogP contribution in [0.2, 0.25) is 0 Å². The normalized spacial score (nSPS) is 9.83. The van der Waals surface area contributed by atoms with E-state index in [0.29, 0.717) is 6.54 Å². The highest BCUT2D eigenvalue weighted by Crippen LogP contribution is 2.17. The van der Waals surface area contributed by atoms with E-state index in [1.807, 2.05) is 12.1 Å². The number of hydrogen-bond donors (Lipinski definition) is 2. The summed E-state index contributed by atoms with van der Waals surface area (Å²) < 4.78 is 0. The molecule has 0 aliphatic rings. The van der Waals surface area contributed by atoms with Crippen molar-refractivity contribution in [1.29, 1.82) is 0 Å². The zero-order valence-electron chi connectivity index (χ0n) is 7.13. The highest BCUT2D eigenvalue weighted by molar-refractivity contribution is 7.98. The Balaban J connectivity index is 2.60. The van der Waals surface area contributed by atoms with Crippen molar-refractivity contribution in [3.63, 3.8) is 0 Å². The van der Waals surface area contributed by atoms with Crippen molar-refractivity contribution < 1.29 is 0 Å². The van der Waals surface area contributed by atoms with Gasteiger partial charge in [0.1, 0.15) is 0 Å². The third kappa shape index (κ3) is 2.75. The molecular formula is C9H13N2S. The van der Waals surface area contributed by atoms with Crippen LogP contribution < -0.4 is 11.1 Å². The molecule has 3 N–H and O–H groups in total. The molecule has 2 nitrogen and oxygen atoms in total. The number of nitrogens with two attached hydrogens (primary N) is 1. The van der Waals surface area contributed by atoms with Crippen LogP contribution in [0.5, 0.6) is 0 Å². The lowest BCUT2D eigenvalue weighted by atomic mass is 10.3. The minimum Gasteiger partial charge on any atom is -0.383 e. The molecule has 3 heteroatoms. The van der Waals surface area contributed by atoms with Crippen LogP contribution in [0.25, 0.3) is 0 Å². The van der Waals surface area contributed by atoms with Crippen molar-refractivity contribution in [3.8, 4) is 0 Å². The van der Waals surface area contributed by atoms with Gasteiger partial charge >= 0.3 is 0 Å². The summed E-state index contributed by atoms with van der Waals surface area (Å²) >= 11 is 1.73. The predicted molar refractivity (Wildman–Crippen MR) is 54.6 cm³/mol. The zero-order valence-corrected chi connectivity index (χ0v) is 7.95. The number of benzene rings is 1. The molecule has 0 saturated heterocycles. The van der Waals surface area contributed by atoms with Crippen LogP contribution >= 0.6 is 11.8 Å². The average Bonchev–Trinajstić information content (AvgIpc) is 2.15. The molecule has 0 atom stereocenters. The number of nitrogens with one attached hydrogen (secondary N) is 1. The Morgan fingerprint density at radius 2 is 2.50 bits per heavy atom. The lowest BCUT2D eigenvalue weighted by Gasteiger charge is -2.04. The Morgan fingerprint density at radius 1 is 1.67 bits per heavy atom. The smallest absolute Gasteiger partial charge is 0.0432 e. The van der Waals surface area contributed by atoms with Crippen molar-refractivity contribution in [2.45, 2.75) is 4.90 Å². The minimum atomic E-state index is 0.650. The Bertz CT molecular complexity index is 238. The Labute approximate surface area is 77.5 Å². The van der Waals surface area contributed by atoms with Gasteiger partial charge in [-0.05, 0) is 18.4 Å². The summed E-state index contributed by atoms with van der Waals surface area (Å²) in [6.07, 6.45) is 2.06. The SMILES string of the molecule is CSc1cc[c]c(NCCN)c1. The van der Waals surface area contributed by atoms with Gasteiger partial charge in [-0.25, -0.2) is 0 Å². The molecule has 0 bridgehead atoms. The van der Waals surface area contributed by atoms with Gasteiger partial charge in [0.15, 0.2) is 0 Å². The van der Waals surface area contributed by atoms with Gasteiger partial charge in [0.05, 0.1) is 0 Å². The summed E-state index contributed by atoms with van der Waals surface area (Å²) in [7, 11) is 0. The maximum absolute atomic E-state index is 5.37. The fraction of sp³-hybridized carbons (Fsp3) is 0.333. The third-order valence-corrected chi connectivity index (χ3v) is 2.19. The number of thioether (sulfide) groups is 1. The minimum absolute atomic E-state index is 0.650. The molecule has 0 aliphatic carbocycles. The van der Waals surface area contributed by atoms with Gasteiger partial charge in [-0.2, -0.15) is 0 Å². The van der Waals surface area contributed by atoms with Crippen LogP contribution in [0.1, 0.15) is 0 Å². The molecule has 0 saturated carbocycles. The number of rotatable bonds is 4. The molecule has 0 spiro atoms. The van der Waals surface area contributed by atoms with Crippen LogP contribution in [0, 0.1) is 6.07 Å². The maximum Gasteiger partial charge on any atom is 0.0432 e. The van der Waals surface area contributed by atoms with Gasteiger partial charge in [-0.1, -0.05) is 6.07 Å².